The molecule has 0 amide bonds. The van der Waals surface area contributed by atoms with E-state index in [-0.39, 0.29) is 29.0 Å². The fourth-order valence-corrected chi connectivity index (χ4v) is 4.50. The van der Waals surface area contributed by atoms with Gasteiger partial charge in [-0.1, -0.05) is 0 Å². The number of nitrogens with one attached hydrogen (secondary N) is 4. The van der Waals surface area contributed by atoms with Gasteiger partial charge in [-0.15, -0.1) is 0 Å². The van der Waals surface area contributed by atoms with Gasteiger partial charge in [-0.05, 0) is 69.1 Å². The summed E-state index contributed by atoms with van der Waals surface area (Å²) in [6, 6.07) is 8.52. The van der Waals surface area contributed by atoms with Gasteiger partial charge in [-0.2, -0.15) is 18.4 Å². The van der Waals surface area contributed by atoms with E-state index in [1.54, 1.807) is 6.07 Å². The average Bonchev–Trinajstić information content (AvgIpc) is 2.73. The number of hydrogen-bond acceptors (Lipinski definition) is 5. The molecule has 2 fully saturated rings. The number of anilines is 2. The number of nitrogens with zero attached hydrogens (tertiary/aromatic N) is 2. The molecule has 2 aromatic rings. The molecule has 2 heterocycles. The monoisotopic (exact) mass is 458 g/mol. The van der Waals surface area contributed by atoms with E-state index in [2.05, 4.69) is 26.6 Å². The Morgan fingerprint density at radius 2 is 1.91 bits per heavy atom. The molecule has 7 nitrogen and oxygen atoms in total. The van der Waals surface area contributed by atoms with E-state index in [0.717, 1.165) is 44.5 Å². The standard InChI is InChI=1S/C23H25F3N6O/c24-23(25,26)15-2-4-16(5-3-15)30-21(28)20-19(8-9-29-22(20)33)31-18-7-6-17(12-14(18)13-27)32-10-1-11-32/h2-5,8-9,14,17-18H,1,6-7,10-12H2,(H2,28,30)(H2,29,31,33)/t14?,17-,18+/m0/s1. The maximum absolute atomic E-state index is 12.8. The molecule has 0 spiro atoms. The van der Waals surface area contributed by atoms with Crippen molar-refractivity contribution in [1.82, 2.24) is 9.88 Å². The molecule has 1 aromatic heterocycles. The van der Waals surface area contributed by atoms with Crippen LogP contribution in [0, 0.1) is 22.7 Å². The van der Waals surface area contributed by atoms with Gasteiger partial charge >= 0.3 is 6.18 Å². The summed E-state index contributed by atoms with van der Waals surface area (Å²) in [6.07, 6.45) is 0.687. The normalized spacial score (nSPS) is 23.3. The van der Waals surface area contributed by atoms with E-state index in [1.807, 2.05) is 0 Å². The Balaban J connectivity index is 1.49. The highest BCUT2D eigenvalue weighted by Gasteiger charge is 2.35. The number of benzene rings is 1. The summed E-state index contributed by atoms with van der Waals surface area (Å²) in [4.78, 5) is 17.5. The van der Waals surface area contributed by atoms with Crippen molar-refractivity contribution in [3.63, 3.8) is 0 Å². The molecule has 1 aliphatic heterocycles. The van der Waals surface area contributed by atoms with Crippen LogP contribution >= 0.6 is 0 Å². The van der Waals surface area contributed by atoms with Gasteiger partial charge in [-0.3, -0.25) is 10.2 Å². The van der Waals surface area contributed by atoms with E-state index in [0.29, 0.717) is 11.7 Å². The topological polar surface area (TPSA) is 108 Å². The maximum Gasteiger partial charge on any atom is 0.416 e. The van der Waals surface area contributed by atoms with Crippen LogP contribution in [0.3, 0.4) is 0 Å². The number of halogens is 3. The van der Waals surface area contributed by atoms with E-state index in [9.17, 15) is 23.2 Å². The molecule has 174 valence electrons. The molecular formula is C23H25F3N6O. The highest BCUT2D eigenvalue weighted by Crippen LogP contribution is 2.33. The summed E-state index contributed by atoms with van der Waals surface area (Å²) in [5.41, 5.74) is -0.593. The highest BCUT2D eigenvalue weighted by atomic mass is 19.4. The van der Waals surface area contributed by atoms with Crippen molar-refractivity contribution in [1.29, 1.82) is 10.7 Å². The molecular weight excluding hydrogens is 433 g/mol. The Labute approximate surface area is 189 Å². The lowest BCUT2D eigenvalue weighted by Gasteiger charge is -2.43. The third-order valence-electron chi connectivity index (χ3n) is 6.43. The number of likely N-dealkylation sites (tertiary alicyclic amines) is 1. The van der Waals surface area contributed by atoms with Crippen LogP contribution in [0.25, 0.3) is 0 Å². The van der Waals surface area contributed by atoms with Crippen LogP contribution in [0.4, 0.5) is 24.5 Å². The number of hydrogen-bond donors (Lipinski definition) is 4. The summed E-state index contributed by atoms with van der Waals surface area (Å²) in [5.74, 6) is -0.476. The summed E-state index contributed by atoms with van der Waals surface area (Å²) in [7, 11) is 0. The lowest BCUT2D eigenvalue weighted by molar-refractivity contribution is -0.137. The minimum atomic E-state index is -4.45. The molecule has 1 aliphatic carbocycles. The zero-order valence-corrected chi connectivity index (χ0v) is 17.9. The molecule has 1 aromatic carbocycles. The Kier molecular flexibility index (Phi) is 6.42. The summed E-state index contributed by atoms with van der Waals surface area (Å²) >= 11 is 0. The van der Waals surface area contributed by atoms with E-state index >= 15 is 0 Å². The van der Waals surface area contributed by atoms with Gasteiger partial charge in [-0.25, -0.2) is 0 Å². The molecule has 1 saturated carbocycles. The second-order valence-electron chi connectivity index (χ2n) is 8.51. The van der Waals surface area contributed by atoms with Crippen LogP contribution in [0.2, 0.25) is 0 Å². The van der Waals surface area contributed by atoms with Crippen molar-refractivity contribution >= 4 is 17.2 Å². The Morgan fingerprint density at radius 3 is 2.52 bits per heavy atom. The Bertz CT molecular complexity index is 1100. The number of H-pyrrole nitrogens is 1. The molecule has 33 heavy (non-hydrogen) atoms. The lowest BCUT2D eigenvalue weighted by atomic mass is 9.80. The summed E-state index contributed by atoms with van der Waals surface area (Å²) < 4.78 is 38.4. The second-order valence-corrected chi connectivity index (χ2v) is 8.51. The molecule has 0 bridgehead atoms. The molecule has 0 radical (unpaired) electrons. The molecule has 3 atom stereocenters. The van der Waals surface area contributed by atoms with E-state index < -0.39 is 17.3 Å². The van der Waals surface area contributed by atoms with Gasteiger partial charge in [0.1, 0.15) is 11.4 Å². The molecule has 2 aliphatic rings. The minimum absolute atomic E-state index is 0.0407. The first-order chi connectivity index (χ1) is 15.8. The number of rotatable bonds is 5. The molecule has 4 N–H and O–H groups in total. The van der Waals surface area contributed by atoms with Crippen molar-refractivity contribution in [2.45, 2.75) is 43.9 Å². The van der Waals surface area contributed by atoms with Crippen molar-refractivity contribution in [3.8, 4) is 6.07 Å². The fraction of sp³-hybridized carbons (Fsp3) is 0.435. The van der Waals surface area contributed by atoms with E-state index in [1.165, 1.54) is 24.8 Å². The number of nitriles is 1. The molecule has 1 saturated heterocycles. The number of aromatic amines is 1. The smallest absolute Gasteiger partial charge is 0.380 e. The molecule has 10 heteroatoms. The Morgan fingerprint density at radius 1 is 1.18 bits per heavy atom. The van der Waals surface area contributed by atoms with Crippen molar-refractivity contribution in [2.75, 3.05) is 23.7 Å². The van der Waals surface area contributed by atoms with Crippen LogP contribution in [0.15, 0.2) is 41.3 Å². The fourth-order valence-electron chi connectivity index (χ4n) is 4.50. The SMILES string of the molecule is N#CC1C[C@@H](N2CCC2)CC[C@H]1Nc1cc[nH]c(=O)c1C(=N)Nc1ccc(C(F)(F)F)cc1. The quantitative estimate of drug-likeness (QED) is 0.400. The van der Waals surface area contributed by atoms with Crippen LogP contribution in [-0.2, 0) is 6.18 Å². The van der Waals surface area contributed by atoms with Crippen molar-refractivity contribution in [3.05, 3.63) is 58.0 Å². The Hall–Kier alpha value is -3.32. The predicted molar refractivity (Wildman–Crippen MR) is 119 cm³/mol. The second kappa shape index (κ2) is 9.27. The number of aromatic nitrogens is 1. The zero-order valence-electron chi connectivity index (χ0n) is 17.9. The molecule has 1 unspecified atom stereocenters. The van der Waals surface area contributed by atoms with Gasteiger partial charge in [0.05, 0.1) is 23.2 Å². The summed E-state index contributed by atoms with van der Waals surface area (Å²) in [6.45, 7) is 2.15. The van der Waals surface area contributed by atoms with Gasteiger partial charge in [0.2, 0.25) is 0 Å². The van der Waals surface area contributed by atoms with Crippen LogP contribution in [0.1, 0.15) is 36.8 Å². The zero-order chi connectivity index (χ0) is 23.6. The van der Waals surface area contributed by atoms with Crippen molar-refractivity contribution < 1.29 is 13.2 Å². The van der Waals surface area contributed by atoms with Gasteiger partial charge < -0.3 is 20.5 Å². The van der Waals surface area contributed by atoms with Gasteiger partial charge in [0.25, 0.3) is 5.56 Å². The minimum Gasteiger partial charge on any atom is -0.380 e. The largest absolute Gasteiger partial charge is 0.416 e. The summed E-state index contributed by atoms with van der Waals surface area (Å²) in [5, 5.41) is 24.1. The number of amidine groups is 1. The number of alkyl halides is 3. The van der Waals surface area contributed by atoms with Crippen LogP contribution in [-0.4, -0.2) is 40.9 Å². The first kappa shape index (κ1) is 22.9. The maximum atomic E-state index is 12.8. The van der Waals surface area contributed by atoms with Gasteiger partial charge in [0, 0.05) is 24.0 Å². The predicted octanol–water partition coefficient (Wildman–Crippen LogP) is 4.01. The third kappa shape index (κ3) is 5.03. The van der Waals surface area contributed by atoms with Crippen LogP contribution < -0.4 is 16.2 Å². The highest BCUT2D eigenvalue weighted by molar-refractivity contribution is 6.09. The number of pyridine rings is 1. The van der Waals surface area contributed by atoms with E-state index in [4.69, 9.17) is 5.41 Å². The lowest BCUT2D eigenvalue weighted by Crippen LogP contribution is -2.50. The average molecular weight is 458 g/mol. The third-order valence-corrected chi connectivity index (χ3v) is 6.43. The molecule has 4 rings (SSSR count). The first-order valence-corrected chi connectivity index (χ1v) is 10.9. The van der Waals surface area contributed by atoms with Crippen LogP contribution in [0.5, 0.6) is 0 Å². The van der Waals surface area contributed by atoms with Gasteiger partial charge in [0.15, 0.2) is 0 Å². The van der Waals surface area contributed by atoms with Crippen molar-refractivity contribution in [2.24, 2.45) is 5.92 Å². The first-order valence-electron chi connectivity index (χ1n) is 10.9.